The minimum absolute atomic E-state index is 0.0402. The van der Waals surface area contributed by atoms with Crippen LogP contribution in [-0.2, 0) is 11.2 Å². The van der Waals surface area contributed by atoms with Crippen molar-refractivity contribution in [2.24, 2.45) is 0 Å². The van der Waals surface area contributed by atoms with Crippen LogP contribution in [0.25, 0.3) is 0 Å². The maximum atomic E-state index is 11.2. The Hall–Kier alpha value is -2.53. The molecule has 0 saturated carbocycles. The highest BCUT2D eigenvalue weighted by Gasteiger charge is 2.12. The van der Waals surface area contributed by atoms with E-state index in [-0.39, 0.29) is 11.3 Å². The smallest absolute Gasteiger partial charge is 0.339 e. The molecule has 0 amide bonds. The third-order valence-electron chi connectivity index (χ3n) is 2.98. The average Bonchev–Trinajstić information content (AvgIpc) is 2.48. The fourth-order valence-electron chi connectivity index (χ4n) is 1.87. The van der Waals surface area contributed by atoms with Gasteiger partial charge >= 0.3 is 5.97 Å². The topological polar surface area (TPSA) is 81.8 Å². The molecular weight excluding hydrogens is 270 g/mol. The van der Waals surface area contributed by atoms with E-state index in [9.17, 15) is 4.79 Å². The molecule has 21 heavy (non-hydrogen) atoms. The number of rotatable bonds is 6. The van der Waals surface area contributed by atoms with Crippen molar-refractivity contribution in [3.63, 3.8) is 0 Å². The van der Waals surface area contributed by atoms with E-state index in [1.54, 1.807) is 31.4 Å². The van der Waals surface area contributed by atoms with Gasteiger partial charge < -0.3 is 20.3 Å². The number of carboxylic acids is 1. The van der Waals surface area contributed by atoms with Gasteiger partial charge in [0.1, 0.15) is 17.1 Å². The molecule has 0 aromatic heterocycles. The van der Waals surface area contributed by atoms with Gasteiger partial charge in [0.2, 0.25) is 0 Å². The van der Waals surface area contributed by atoms with Crippen LogP contribution in [0.1, 0.15) is 15.9 Å². The Morgan fingerprint density at radius 2 is 1.90 bits per heavy atom. The van der Waals surface area contributed by atoms with Gasteiger partial charge in [0, 0.05) is 12.8 Å². The number of carboxylic acid groups (broad SMARTS) is 1. The van der Waals surface area contributed by atoms with Crippen molar-refractivity contribution in [1.29, 1.82) is 0 Å². The summed E-state index contributed by atoms with van der Waals surface area (Å²) in [6.07, 6.45) is 0.818. The summed E-state index contributed by atoms with van der Waals surface area (Å²) in [5.74, 6) is -0.237. The number of carbonyl (C=O) groups is 1. The lowest BCUT2D eigenvalue weighted by Gasteiger charge is -2.10. The van der Waals surface area contributed by atoms with Crippen molar-refractivity contribution in [1.82, 2.24) is 0 Å². The summed E-state index contributed by atoms with van der Waals surface area (Å²) in [7, 11) is 1.66. The van der Waals surface area contributed by atoms with E-state index in [0.717, 1.165) is 12.0 Å². The predicted molar refractivity (Wildman–Crippen MR) is 79.9 cm³/mol. The van der Waals surface area contributed by atoms with Gasteiger partial charge in [-0.2, -0.15) is 0 Å². The Bertz CT molecular complexity index is 623. The Kier molecular flexibility index (Phi) is 4.79. The molecule has 0 radical (unpaired) electrons. The van der Waals surface area contributed by atoms with Crippen LogP contribution in [0.4, 0.5) is 5.69 Å². The normalized spacial score (nSPS) is 10.3. The fourth-order valence-corrected chi connectivity index (χ4v) is 1.87. The van der Waals surface area contributed by atoms with E-state index in [0.29, 0.717) is 18.0 Å². The quantitative estimate of drug-likeness (QED) is 0.798. The molecule has 2 rings (SSSR count). The Morgan fingerprint density at radius 3 is 2.52 bits per heavy atom. The van der Waals surface area contributed by atoms with Crippen LogP contribution < -0.4 is 10.5 Å². The van der Waals surface area contributed by atoms with Crippen molar-refractivity contribution in [2.75, 3.05) is 19.5 Å². The first kappa shape index (κ1) is 14.9. The summed E-state index contributed by atoms with van der Waals surface area (Å²) in [4.78, 5) is 11.2. The molecular formula is C16H17NO4. The number of nitrogens with two attached hydrogens (primary N) is 1. The van der Waals surface area contributed by atoms with Crippen molar-refractivity contribution in [3.8, 4) is 11.5 Å². The lowest BCUT2D eigenvalue weighted by molar-refractivity contribution is 0.0694. The summed E-state index contributed by atoms with van der Waals surface area (Å²) in [5.41, 5.74) is 7.14. The average molecular weight is 287 g/mol. The molecule has 0 fully saturated rings. The van der Waals surface area contributed by atoms with Crippen LogP contribution >= 0.6 is 0 Å². The summed E-state index contributed by atoms with van der Waals surface area (Å²) in [5, 5.41) is 9.16. The molecule has 0 aliphatic heterocycles. The lowest BCUT2D eigenvalue weighted by Crippen LogP contribution is -2.01. The fraction of sp³-hybridized carbons (Fsp3) is 0.188. The first-order valence-electron chi connectivity index (χ1n) is 6.48. The van der Waals surface area contributed by atoms with E-state index in [2.05, 4.69) is 0 Å². The first-order chi connectivity index (χ1) is 10.1. The largest absolute Gasteiger partial charge is 0.478 e. The third kappa shape index (κ3) is 3.97. The molecule has 0 bridgehead atoms. The summed E-state index contributed by atoms with van der Waals surface area (Å²) in [6.45, 7) is 0.654. The summed E-state index contributed by atoms with van der Waals surface area (Å²) >= 11 is 0. The molecule has 110 valence electrons. The van der Waals surface area contributed by atoms with Crippen LogP contribution in [0, 0.1) is 0 Å². The zero-order chi connectivity index (χ0) is 15.2. The monoisotopic (exact) mass is 287 g/mol. The second-order valence-electron chi connectivity index (χ2n) is 4.55. The van der Waals surface area contributed by atoms with Gasteiger partial charge in [0.05, 0.1) is 6.61 Å². The molecule has 0 spiro atoms. The van der Waals surface area contributed by atoms with Crippen molar-refractivity contribution < 1.29 is 19.4 Å². The van der Waals surface area contributed by atoms with Crippen LogP contribution in [-0.4, -0.2) is 24.8 Å². The molecule has 5 heteroatoms. The number of hydrogen-bond donors (Lipinski definition) is 2. The highest BCUT2D eigenvalue weighted by atomic mass is 16.5. The minimum Gasteiger partial charge on any atom is -0.478 e. The number of anilines is 1. The van der Waals surface area contributed by atoms with Crippen LogP contribution in [0.3, 0.4) is 0 Å². The highest BCUT2D eigenvalue weighted by Crippen LogP contribution is 2.27. The standard InChI is InChI=1S/C16H17NO4/c1-20-9-8-11-2-5-13(6-3-11)21-15-7-4-12(17)10-14(15)16(18)19/h2-7,10H,8-9,17H2,1H3,(H,18,19). The molecule has 5 nitrogen and oxygen atoms in total. The van der Waals surface area contributed by atoms with Gasteiger partial charge in [-0.15, -0.1) is 0 Å². The SMILES string of the molecule is COCCc1ccc(Oc2ccc(N)cc2C(=O)O)cc1. The number of aromatic carboxylic acids is 1. The summed E-state index contributed by atoms with van der Waals surface area (Å²) in [6, 6.07) is 12.0. The molecule has 0 aliphatic rings. The van der Waals surface area contributed by atoms with Crippen LogP contribution in [0.15, 0.2) is 42.5 Å². The molecule has 2 aromatic carbocycles. The molecule has 0 saturated heterocycles. The van der Waals surface area contributed by atoms with Crippen LogP contribution in [0.5, 0.6) is 11.5 Å². The molecule has 0 atom stereocenters. The van der Waals surface area contributed by atoms with Crippen molar-refractivity contribution >= 4 is 11.7 Å². The first-order valence-corrected chi connectivity index (χ1v) is 6.48. The van der Waals surface area contributed by atoms with Crippen LogP contribution in [0.2, 0.25) is 0 Å². The maximum Gasteiger partial charge on any atom is 0.339 e. The molecule has 2 aromatic rings. The number of nitrogen functional groups attached to an aromatic ring is 1. The second kappa shape index (κ2) is 6.76. The van der Waals surface area contributed by atoms with E-state index in [4.69, 9.17) is 20.3 Å². The maximum absolute atomic E-state index is 11.2. The molecule has 0 unspecified atom stereocenters. The Morgan fingerprint density at radius 1 is 1.19 bits per heavy atom. The van der Waals surface area contributed by atoms with E-state index in [1.165, 1.54) is 6.07 Å². The van der Waals surface area contributed by atoms with E-state index < -0.39 is 5.97 Å². The predicted octanol–water partition coefficient (Wildman–Crippen LogP) is 2.95. The third-order valence-corrected chi connectivity index (χ3v) is 2.98. The molecule has 3 N–H and O–H groups in total. The summed E-state index contributed by atoms with van der Waals surface area (Å²) < 4.78 is 10.6. The lowest BCUT2D eigenvalue weighted by atomic mass is 10.1. The number of methoxy groups -OCH3 is 1. The second-order valence-corrected chi connectivity index (χ2v) is 4.55. The van der Waals surface area contributed by atoms with Gasteiger partial charge in [0.15, 0.2) is 0 Å². The number of hydrogen-bond acceptors (Lipinski definition) is 4. The van der Waals surface area contributed by atoms with Crippen molar-refractivity contribution in [2.45, 2.75) is 6.42 Å². The minimum atomic E-state index is -1.07. The highest BCUT2D eigenvalue weighted by molar-refractivity contribution is 5.92. The van der Waals surface area contributed by atoms with Gasteiger partial charge in [0.25, 0.3) is 0 Å². The van der Waals surface area contributed by atoms with Gasteiger partial charge in [-0.05, 0) is 42.3 Å². The Balaban J connectivity index is 2.16. The molecule has 0 heterocycles. The van der Waals surface area contributed by atoms with Crippen molar-refractivity contribution in [3.05, 3.63) is 53.6 Å². The Labute approximate surface area is 122 Å². The zero-order valence-electron chi connectivity index (χ0n) is 11.7. The number of ether oxygens (including phenoxy) is 2. The number of benzene rings is 2. The van der Waals surface area contributed by atoms with Gasteiger partial charge in [-0.25, -0.2) is 4.79 Å². The van der Waals surface area contributed by atoms with E-state index >= 15 is 0 Å². The van der Waals surface area contributed by atoms with E-state index in [1.807, 2.05) is 12.1 Å². The molecule has 0 aliphatic carbocycles. The van der Waals surface area contributed by atoms with Gasteiger partial charge in [-0.1, -0.05) is 12.1 Å². The zero-order valence-corrected chi connectivity index (χ0v) is 11.7. The van der Waals surface area contributed by atoms with Gasteiger partial charge in [-0.3, -0.25) is 0 Å².